The van der Waals surface area contributed by atoms with E-state index in [4.69, 9.17) is 0 Å². The monoisotopic (exact) mass is 393 g/mol. The summed E-state index contributed by atoms with van der Waals surface area (Å²) >= 11 is 0. The summed E-state index contributed by atoms with van der Waals surface area (Å²) in [6, 6.07) is 5.43. The first-order chi connectivity index (χ1) is 12.7. The van der Waals surface area contributed by atoms with Crippen LogP contribution < -0.4 is 10.6 Å². The summed E-state index contributed by atoms with van der Waals surface area (Å²) in [7, 11) is -3.53. The van der Waals surface area contributed by atoms with Crippen LogP contribution in [0, 0.1) is 0 Å². The molecule has 1 aromatic rings. The van der Waals surface area contributed by atoms with Crippen LogP contribution in [-0.2, 0) is 19.4 Å². The number of amides is 4. The minimum Gasteiger partial charge on any atom is -0.323 e. The Bertz CT molecular complexity index is 873. The van der Waals surface area contributed by atoms with E-state index in [9.17, 15) is 22.8 Å². The van der Waals surface area contributed by atoms with Gasteiger partial charge in [0.25, 0.3) is 5.91 Å². The summed E-state index contributed by atoms with van der Waals surface area (Å²) in [4.78, 5) is 38.4. The summed E-state index contributed by atoms with van der Waals surface area (Å²) in [5.74, 6) is -0.999. The molecule has 1 aliphatic carbocycles. The van der Waals surface area contributed by atoms with Gasteiger partial charge in [0, 0.05) is 6.26 Å². The normalized spacial score (nSPS) is 19.7. The SMILES string of the molecule is CS(=O)(=O)c1ccccc1NC(=O)CN1C(=O)NC2(CCCCCC2)C1=O. The Kier molecular flexibility index (Phi) is 5.23. The highest BCUT2D eigenvalue weighted by Gasteiger charge is 2.51. The molecule has 8 nitrogen and oxygen atoms in total. The van der Waals surface area contributed by atoms with Crippen LogP contribution in [0.2, 0.25) is 0 Å². The predicted molar refractivity (Wildman–Crippen MR) is 98.9 cm³/mol. The lowest BCUT2D eigenvalue weighted by Gasteiger charge is -2.24. The van der Waals surface area contributed by atoms with Crippen molar-refractivity contribution in [3.63, 3.8) is 0 Å². The number of sulfone groups is 1. The number of nitrogens with zero attached hydrogens (tertiary/aromatic N) is 1. The lowest BCUT2D eigenvalue weighted by Crippen LogP contribution is -2.47. The third-order valence-corrected chi connectivity index (χ3v) is 6.22. The molecule has 1 aromatic carbocycles. The minimum absolute atomic E-state index is 0.0178. The smallest absolute Gasteiger partial charge is 0.323 e. The van der Waals surface area contributed by atoms with Gasteiger partial charge in [0.1, 0.15) is 12.1 Å². The third kappa shape index (κ3) is 3.97. The van der Waals surface area contributed by atoms with Crippen LogP contribution in [-0.4, -0.2) is 49.5 Å². The second-order valence-electron chi connectivity index (χ2n) is 7.13. The number of benzene rings is 1. The highest BCUT2D eigenvalue weighted by Crippen LogP contribution is 2.32. The van der Waals surface area contributed by atoms with Crippen LogP contribution in [0.3, 0.4) is 0 Å². The maximum Gasteiger partial charge on any atom is 0.325 e. The second kappa shape index (κ2) is 7.30. The number of nitrogens with one attached hydrogen (secondary N) is 2. The summed E-state index contributed by atoms with van der Waals surface area (Å²) in [5.41, 5.74) is -0.778. The number of carbonyl (C=O) groups is 3. The molecule has 9 heteroatoms. The second-order valence-corrected chi connectivity index (χ2v) is 9.12. The lowest BCUT2D eigenvalue weighted by atomic mass is 9.90. The first-order valence-corrected chi connectivity index (χ1v) is 10.9. The Hall–Kier alpha value is -2.42. The average molecular weight is 393 g/mol. The topological polar surface area (TPSA) is 113 Å². The van der Waals surface area contributed by atoms with Crippen molar-refractivity contribution in [2.24, 2.45) is 0 Å². The molecule has 0 unspecified atom stereocenters. The summed E-state index contributed by atoms with van der Waals surface area (Å²) < 4.78 is 23.7. The van der Waals surface area contributed by atoms with Crippen molar-refractivity contribution in [1.29, 1.82) is 0 Å². The van der Waals surface area contributed by atoms with Gasteiger partial charge in [-0.2, -0.15) is 0 Å². The van der Waals surface area contributed by atoms with E-state index in [0.29, 0.717) is 12.8 Å². The molecule has 1 heterocycles. The van der Waals surface area contributed by atoms with Gasteiger partial charge in [-0.25, -0.2) is 13.2 Å². The van der Waals surface area contributed by atoms with Crippen molar-refractivity contribution >= 4 is 33.4 Å². The zero-order valence-electron chi connectivity index (χ0n) is 15.2. The van der Waals surface area contributed by atoms with Crippen LogP contribution in [0.4, 0.5) is 10.5 Å². The highest BCUT2D eigenvalue weighted by atomic mass is 32.2. The van der Waals surface area contributed by atoms with E-state index in [-0.39, 0.29) is 16.5 Å². The molecular weight excluding hydrogens is 370 g/mol. The molecule has 146 valence electrons. The van der Waals surface area contributed by atoms with Gasteiger partial charge in [-0.1, -0.05) is 37.8 Å². The molecular formula is C18H23N3O5S. The Morgan fingerprint density at radius 3 is 2.41 bits per heavy atom. The number of anilines is 1. The first kappa shape index (κ1) is 19.3. The van der Waals surface area contributed by atoms with Gasteiger partial charge in [-0.15, -0.1) is 0 Å². The molecule has 0 radical (unpaired) electrons. The van der Waals surface area contributed by atoms with Crippen molar-refractivity contribution in [3.8, 4) is 0 Å². The average Bonchev–Trinajstić information content (AvgIpc) is 2.77. The van der Waals surface area contributed by atoms with Gasteiger partial charge in [0.2, 0.25) is 5.91 Å². The van der Waals surface area contributed by atoms with Gasteiger partial charge < -0.3 is 10.6 Å². The summed E-state index contributed by atoms with van der Waals surface area (Å²) in [5, 5.41) is 5.27. The molecule has 4 amide bonds. The number of urea groups is 1. The molecule has 1 spiro atoms. The zero-order chi connectivity index (χ0) is 19.7. The Balaban J connectivity index is 1.73. The minimum atomic E-state index is -3.53. The molecule has 3 rings (SSSR count). The van der Waals surface area contributed by atoms with Crippen LogP contribution in [0.15, 0.2) is 29.2 Å². The van der Waals surface area contributed by atoms with E-state index in [2.05, 4.69) is 10.6 Å². The molecule has 1 saturated heterocycles. The fraction of sp³-hybridized carbons (Fsp3) is 0.500. The van der Waals surface area contributed by atoms with Gasteiger partial charge >= 0.3 is 6.03 Å². The van der Waals surface area contributed by atoms with Crippen LogP contribution in [0.5, 0.6) is 0 Å². The Morgan fingerprint density at radius 1 is 1.15 bits per heavy atom. The van der Waals surface area contributed by atoms with Gasteiger partial charge in [0.15, 0.2) is 9.84 Å². The first-order valence-electron chi connectivity index (χ1n) is 8.96. The molecule has 1 aliphatic heterocycles. The van der Waals surface area contributed by atoms with Gasteiger partial charge in [-0.3, -0.25) is 14.5 Å². The fourth-order valence-corrected chi connectivity index (χ4v) is 4.56. The molecule has 2 N–H and O–H groups in total. The number of hydrogen-bond acceptors (Lipinski definition) is 5. The number of rotatable bonds is 4. The number of para-hydroxylation sites is 1. The van der Waals surface area contributed by atoms with Crippen LogP contribution in [0.25, 0.3) is 0 Å². The largest absolute Gasteiger partial charge is 0.325 e. The number of carbonyl (C=O) groups excluding carboxylic acids is 3. The number of hydrogen-bond donors (Lipinski definition) is 2. The quantitative estimate of drug-likeness (QED) is 0.756. The van der Waals surface area contributed by atoms with E-state index < -0.39 is 33.9 Å². The van der Waals surface area contributed by atoms with E-state index in [0.717, 1.165) is 36.8 Å². The molecule has 1 saturated carbocycles. The van der Waals surface area contributed by atoms with E-state index in [1.54, 1.807) is 12.1 Å². The maximum absolute atomic E-state index is 12.8. The third-order valence-electron chi connectivity index (χ3n) is 5.07. The van der Waals surface area contributed by atoms with Crippen molar-refractivity contribution in [1.82, 2.24) is 10.2 Å². The van der Waals surface area contributed by atoms with Crippen molar-refractivity contribution in [2.75, 3.05) is 18.1 Å². The molecule has 2 aliphatic rings. The summed E-state index contributed by atoms with van der Waals surface area (Å²) in [6.07, 6.45) is 5.95. The molecule has 2 fully saturated rings. The Labute approximate surface area is 158 Å². The molecule has 0 aromatic heterocycles. The fourth-order valence-electron chi connectivity index (χ4n) is 3.72. The van der Waals surface area contributed by atoms with Crippen molar-refractivity contribution in [2.45, 2.75) is 49.0 Å². The Morgan fingerprint density at radius 2 is 1.78 bits per heavy atom. The summed E-state index contributed by atoms with van der Waals surface area (Å²) in [6.45, 7) is -0.454. The van der Waals surface area contributed by atoms with Crippen LogP contribution in [0.1, 0.15) is 38.5 Å². The molecule has 0 atom stereocenters. The molecule has 0 bridgehead atoms. The van der Waals surface area contributed by atoms with E-state index in [1.807, 2.05) is 0 Å². The highest BCUT2D eigenvalue weighted by molar-refractivity contribution is 7.90. The maximum atomic E-state index is 12.8. The lowest BCUT2D eigenvalue weighted by molar-refractivity contribution is -0.134. The van der Waals surface area contributed by atoms with Crippen LogP contribution >= 0.6 is 0 Å². The van der Waals surface area contributed by atoms with E-state index in [1.165, 1.54) is 12.1 Å². The van der Waals surface area contributed by atoms with Crippen molar-refractivity contribution < 1.29 is 22.8 Å². The number of imide groups is 1. The van der Waals surface area contributed by atoms with Gasteiger partial charge in [-0.05, 0) is 25.0 Å². The predicted octanol–water partition coefficient (Wildman–Crippen LogP) is 1.67. The van der Waals surface area contributed by atoms with E-state index >= 15 is 0 Å². The standard InChI is InChI=1S/C18H23N3O5S/c1-27(25,26)14-9-5-4-8-13(14)19-15(22)12-21-16(23)18(20-17(21)24)10-6-2-3-7-11-18/h4-5,8-9H,2-3,6-7,10-12H2,1H3,(H,19,22)(H,20,24). The molecule has 27 heavy (non-hydrogen) atoms. The van der Waals surface area contributed by atoms with Gasteiger partial charge in [0.05, 0.1) is 10.6 Å². The zero-order valence-corrected chi connectivity index (χ0v) is 16.0. The van der Waals surface area contributed by atoms with Crippen molar-refractivity contribution in [3.05, 3.63) is 24.3 Å².